The first kappa shape index (κ1) is 16.2. The Balaban J connectivity index is 0.00000162. The molecule has 108 valence electrons. The van der Waals surface area contributed by atoms with Crippen molar-refractivity contribution in [2.24, 2.45) is 0 Å². The summed E-state index contributed by atoms with van der Waals surface area (Å²) in [7, 11) is -3.27. The molecular formula is C11H24ClN3O2S. The van der Waals surface area contributed by atoms with Crippen LogP contribution in [0.25, 0.3) is 0 Å². The van der Waals surface area contributed by atoms with Crippen LogP contribution in [-0.2, 0) is 10.2 Å². The number of nitrogens with zero attached hydrogens (tertiary/aromatic N) is 1. The van der Waals surface area contributed by atoms with Crippen molar-refractivity contribution < 1.29 is 8.42 Å². The summed E-state index contributed by atoms with van der Waals surface area (Å²) in [5, 5.41) is 3.31. The molecule has 18 heavy (non-hydrogen) atoms. The second-order valence-electron chi connectivity index (χ2n) is 5.07. The second kappa shape index (κ2) is 7.05. The van der Waals surface area contributed by atoms with Crippen LogP contribution in [0, 0.1) is 0 Å². The molecule has 0 aromatic rings. The molecule has 0 aromatic carbocycles. The largest absolute Gasteiger partial charge is 0.313 e. The Hall–Kier alpha value is 0.120. The van der Waals surface area contributed by atoms with Gasteiger partial charge in [0.1, 0.15) is 0 Å². The molecule has 0 bridgehead atoms. The van der Waals surface area contributed by atoms with Crippen LogP contribution >= 0.6 is 12.4 Å². The molecule has 0 amide bonds. The van der Waals surface area contributed by atoms with E-state index in [2.05, 4.69) is 10.0 Å². The fourth-order valence-electron chi connectivity index (χ4n) is 2.58. The number of halogens is 1. The van der Waals surface area contributed by atoms with Crippen molar-refractivity contribution in [2.45, 2.75) is 51.1 Å². The zero-order valence-electron chi connectivity index (χ0n) is 10.9. The summed E-state index contributed by atoms with van der Waals surface area (Å²) in [6.07, 6.45) is 5.09. The molecule has 2 atom stereocenters. The van der Waals surface area contributed by atoms with Crippen molar-refractivity contribution >= 4 is 22.6 Å². The quantitative estimate of drug-likeness (QED) is 0.812. The number of hydrogen-bond donors (Lipinski definition) is 2. The topological polar surface area (TPSA) is 61.4 Å². The van der Waals surface area contributed by atoms with Gasteiger partial charge in [-0.1, -0.05) is 6.42 Å². The van der Waals surface area contributed by atoms with Crippen LogP contribution in [0.5, 0.6) is 0 Å². The van der Waals surface area contributed by atoms with E-state index < -0.39 is 10.2 Å². The molecule has 5 nitrogen and oxygen atoms in total. The van der Waals surface area contributed by atoms with Crippen molar-refractivity contribution in [1.29, 1.82) is 0 Å². The Kier molecular flexibility index (Phi) is 6.34. The van der Waals surface area contributed by atoms with Crippen molar-refractivity contribution in [1.82, 2.24) is 14.3 Å². The predicted molar refractivity (Wildman–Crippen MR) is 75.2 cm³/mol. The van der Waals surface area contributed by atoms with Crippen LogP contribution in [0.1, 0.15) is 39.0 Å². The van der Waals surface area contributed by atoms with E-state index in [0.717, 1.165) is 38.6 Å². The highest BCUT2D eigenvalue weighted by Crippen LogP contribution is 2.15. The molecule has 2 saturated heterocycles. The van der Waals surface area contributed by atoms with Gasteiger partial charge in [-0.25, -0.2) is 0 Å². The van der Waals surface area contributed by atoms with Gasteiger partial charge in [-0.05, 0) is 39.2 Å². The van der Waals surface area contributed by atoms with Crippen molar-refractivity contribution in [3.05, 3.63) is 0 Å². The maximum atomic E-state index is 12.2. The monoisotopic (exact) mass is 297 g/mol. The van der Waals surface area contributed by atoms with E-state index in [1.54, 1.807) is 4.31 Å². The van der Waals surface area contributed by atoms with E-state index in [4.69, 9.17) is 0 Å². The van der Waals surface area contributed by atoms with E-state index in [9.17, 15) is 8.42 Å². The maximum absolute atomic E-state index is 12.2. The first-order valence-corrected chi connectivity index (χ1v) is 8.04. The molecule has 2 heterocycles. The van der Waals surface area contributed by atoms with E-state index in [0.29, 0.717) is 13.1 Å². The van der Waals surface area contributed by atoms with Gasteiger partial charge in [-0.15, -0.1) is 12.4 Å². The second-order valence-corrected chi connectivity index (χ2v) is 6.78. The summed E-state index contributed by atoms with van der Waals surface area (Å²) in [6, 6.07) is 0.263. The normalized spacial score (nSPS) is 30.7. The fourth-order valence-corrected chi connectivity index (χ4v) is 4.17. The lowest BCUT2D eigenvalue weighted by molar-refractivity contribution is 0.314. The Morgan fingerprint density at radius 1 is 1.17 bits per heavy atom. The maximum Gasteiger partial charge on any atom is 0.279 e. The molecule has 0 spiro atoms. The molecule has 0 aliphatic carbocycles. The lowest BCUT2D eigenvalue weighted by atomic mass is 10.0. The molecule has 2 rings (SSSR count). The third-order valence-electron chi connectivity index (χ3n) is 3.72. The number of nitrogens with one attached hydrogen (secondary N) is 2. The standard InChI is InChI=1S/C11H23N3O2S.ClH/c1-10-11(6-5-7-12-10)13-17(15,16)14-8-3-2-4-9-14;/h10-13H,2-9H2,1H3;1H. The molecule has 7 heteroatoms. The molecule has 2 aliphatic heterocycles. The van der Waals surface area contributed by atoms with Crippen LogP contribution in [0.2, 0.25) is 0 Å². The molecular weight excluding hydrogens is 274 g/mol. The van der Waals surface area contributed by atoms with Gasteiger partial charge in [0.25, 0.3) is 10.2 Å². The van der Waals surface area contributed by atoms with Crippen molar-refractivity contribution in [3.63, 3.8) is 0 Å². The highest BCUT2D eigenvalue weighted by Gasteiger charge is 2.30. The van der Waals surface area contributed by atoms with Gasteiger partial charge < -0.3 is 5.32 Å². The third kappa shape index (κ3) is 4.06. The van der Waals surface area contributed by atoms with Gasteiger partial charge in [0.05, 0.1) is 0 Å². The summed E-state index contributed by atoms with van der Waals surface area (Å²) in [4.78, 5) is 0. The smallest absolute Gasteiger partial charge is 0.279 e. The SMILES string of the molecule is CC1NCCCC1NS(=O)(=O)N1CCCCC1.Cl. The van der Waals surface area contributed by atoms with Crippen LogP contribution < -0.4 is 10.0 Å². The first-order chi connectivity index (χ1) is 8.09. The minimum atomic E-state index is -3.27. The van der Waals surface area contributed by atoms with Crippen LogP contribution in [0.3, 0.4) is 0 Å². The zero-order chi connectivity index (χ0) is 12.3. The fraction of sp³-hybridized carbons (Fsp3) is 1.00. The number of rotatable bonds is 3. The van der Waals surface area contributed by atoms with Crippen LogP contribution in [0.15, 0.2) is 0 Å². The minimum absolute atomic E-state index is 0. The zero-order valence-corrected chi connectivity index (χ0v) is 12.5. The number of piperidine rings is 2. The predicted octanol–water partition coefficient (Wildman–Crippen LogP) is 0.869. The first-order valence-electron chi connectivity index (χ1n) is 6.60. The third-order valence-corrected chi connectivity index (χ3v) is 5.36. The Labute approximate surface area is 116 Å². The lowest BCUT2D eigenvalue weighted by Gasteiger charge is -2.33. The summed E-state index contributed by atoms with van der Waals surface area (Å²) in [6.45, 7) is 4.37. The Morgan fingerprint density at radius 3 is 2.44 bits per heavy atom. The van der Waals surface area contributed by atoms with Gasteiger partial charge in [-0.2, -0.15) is 17.4 Å². The molecule has 2 fully saturated rings. The summed E-state index contributed by atoms with van der Waals surface area (Å²) >= 11 is 0. The molecule has 2 aliphatic rings. The van der Waals surface area contributed by atoms with E-state index in [1.165, 1.54) is 0 Å². The van der Waals surface area contributed by atoms with Gasteiger partial charge in [0.2, 0.25) is 0 Å². The van der Waals surface area contributed by atoms with Gasteiger partial charge in [0.15, 0.2) is 0 Å². The van der Waals surface area contributed by atoms with Crippen molar-refractivity contribution in [3.8, 4) is 0 Å². The Bertz CT molecular complexity index is 344. The summed E-state index contributed by atoms with van der Waals surface area (Å²) in [5.74, 6) is 0. The van der Waals surface area contributed by atoms with Crippen molar-refractivity contribution in [2.75, 3.05) is 19.6 Å². The Morgan fingerprint density at radius 2 is 1.83 bits per heavy atom. The van der Waals surface area contributed by atoms with Crippen LogP contribution in [-0.4, -0.2) is 44.4 Å². The molecule has 0 saturated carbocycles. The highest BCUT2D eigenvalue weighted by atomic mass is 35.5. The summed E-state index contributed by atoms with van der Waals surface area (Å²) in [5.41, 5.74) is 0. The van der Waals surface area contributed by atoms with Crippen LogP contribution in [0.4, 0.5) is 0 Å². The minimum Gasteiger partial charge on any atom is -0.313 e. The molecule has 2 unspecified atom stereocenters. The lowest BCUT2D eigenvalue weighted by Crippen LogP contribution is -2.55. The van der Waals surface area contributed by atoms with E-state index >= 15 is 0 Å². The van der Waals surface area contributed by atoms with E-state index in [-0.39, 0.29) is 24.5 Å². The van der Waals surface area contributed by atoms with Gasteiger partial charge in [0, 0.05) is 25.2 Å². The average Bonchev–Trinajstić information content (AvgIpc) is 2.33. The number of hydrogen-bond acceptors (Lipinski definition) is 3. The van der Waals surface area contributed by atoms with E-state index in [1.807, 2.05) is 6.92 Å². The molecule has 0 radical (unpaired) electrons. The highest BCUT2D eigenvalue weighted by molar-refractivity contribution is 7.87. The summed E-state index contributed by atoms with van der Waals surface area (Å²) < 4.78 is 28.8. The van der Waals surface area contributed by atoms with Gasteiger partial charge in [-0.3, -0.25) is 0 Å². The van der Waals surface area contributed by atoms with Gasteiger partial charge >= 0.3 is 0 Å². The average molecular weight is 298 g/mol. The molecule has 0 aromatic heterocycles. The molecule has 2 N–H and O–H groups in total.